The Hall–Kier alpha value is -2.65. The Morgan fingerprint density at radius 1 is 1.13 bits per heavy atom. The van der Waals surface area contributed by atoms with Gasteiger partial charge in [0.2, 0.25) is 5.91 Å². The number of carbonyl (C=O) groups is 1. The van der Waals surface area contributed by atoms with E-state index >= 15 is 0 Å². The summed E-state index contributed by atoms with van der Waals surface area (Å²) in [5.41, 5.74) is 2.55. The second kappa shape index (κ2) is 7.20. The van der Waals surface area contributed by atoms with E-state index in [4.69, 9.17) is 8.83 Å². The van der Waals surface area contributed by atoms with E-state index in [1.165, 1.54) is 5.56 Å². The molecular formula is C22H23NO7S. The summed E-state index contributed by atoms with van der Waals surface area (Å²) < 4.78 is 34.8. The third kappa shape index (κ3) is 3.55. The van der Waals surface area contributed by atoms with Crippen LogP contribution in [0.15, 0.2) is 25.8 Å². The minimum absolute atomic E-state index is 0.219. The molecule has 2 atom stereocenters. The molecule has 5 rings (SSSR count). The van der Waals surface area contributed by atoms with Gasteiger partial charge < -0.3 is 19.3 Å². The van der Waals surface area contributed by atoms with Gasteiger partial charge in [-0.3, -0.25) is 4.79 Å². The highest BCUT2D eigenvalue weighted by Gasteiger charge is 2.37. The Morgan fingerprint density at radius 2 is 1.87 bits per heavy atom. The second-order valence-electron chi connectivity index (χ2n) is 8.54. The zero-order valence-corrected chi connectivity index (χ0v) is 17.9. The molecule has 2 aromatic heterocycles. The quantitative estimate of drug-likeness (QED) is 0.586. The van der Waals surface area contributed by atoms with Crippen molar-refractivity contribution in [3.63, 3.8) is 0 Å². The highest BCUT2D eigenvalue weighted by atomic mass is 32.2. The Morgan fingerprint density at radius 3 is 2.61 bits per heavy atom. The second-order valence-corrected chi connectivity index (χ2v) is 10.7. The van der Waals surface area contributed by atoms with E-state index in [1.54, 1.807) is 13.0 Å². The zero-order chi connectivity index (χ0) is 21.9. The minimum Gasteiger partial charge on any atom is -0.461 e. The summed E-state index contributed by atoms with van der Waals surface area (Å²) >= 11 is 0. The molecule has 3 heterocycles. The van der Waals surface area contributed by atoms with Crippen molar-refractivity contribution in [3.8, 4) is 0 Å². The number of amides is 1. The molecule has 1 aliphatic carbocycles. The average Bonchev–Trinajstić information content (AvgIpc) is 3.18. The number of fused-ring (bicyclic) bond motifs is 4. The van der Waals surface area contributed by atoms with Gasteiger partial charge in [0.15, 0.2) is 9.84 Å². The summed E-state index contributed by atoms with van der Waals surface area (Å²) in [4.78, 5) is 25.1. The third-order valence-electron chi connectivity index (χ3n) is 6.37. The molecule has 1 amide bonds. The van der Waals surface area contributed by atoms with E-state index in [-0.39, 0.29) is 23.5 Å². The molecule has 2 aliphatic rings. The van der Waals surface area contributed by atoms with Crippen LogP contribution < -0.4 is 10.9 Å². The molecule has 9 heteroatoms. The summed E-state index contributed by atoms with van der Waals surface area (Å²) in [5, 5.41) is 14.2. The predicted molar refractivity (Wildman–Crippen MR) is 114 cm³/mol. The molecule has 8 nitrogen and oxygen atoms in total. The lowest BCUT2D eigenvalue weighted by Crippen LogP contribution is -2.43. The first-order chi connectivity index (χ1) is 14.7. The average molecular weight is 445 g/mol. The number of carbonyl (C=O) groups excluding carboxylic acids is 1. The normalized spacial score (nSPS) is 22.6. The topological polar surface area (TPSA) is 127 Å². The molecule has 164 valence electrons. The molecule has 0 spiro atoms. The van der Waals surface area contributed by atoms with E-state index in [0.29, 0.717) is 16.7 Å². The molecule has 2 N–H and O–H groups in total. The van der Waals surface area contributed by atoms with Gasteiger partial charge in [-0.05, 0) is 37.8 Å². The molecule has 0 saturated carbocycles. The number of hydrogen-bond donors (Lipinski definition) is 2. The number of aryl methyl sites for hydroxylation is 3. The zero-order valence-electron chi connectivity index (χ0n) is 17.1. The van der Waals surface area contributed by atoms with Crippen molar-refractivity contribution in [1.82, 2.24) is 5.32 Å². The molecule has 0 unspecified atom stereocenters. The highest BCUT2D eigenvalue weighted by Crippen LogP contribution is 2.35. The Balaban J connectivity index is 1.49. The Bertz CT molecular complexity index is 1380. The maximum Gasteiger partial charge on any atom is 0.340 e. The number of nitrogens with one attached hydrogen (secondary N) is 1. The monoisotopic (exact) mass is 445 g/mol. The molecule has 1 saturated heterocycles. The number of benzene rings is 1. The Kier molecular flexibility index (Phi) is 4.71. The molecule has 31 heavy (non-hydrogen) atoms. The number of aliphatic hydroxyl groups is 1. The molecule has 3 aromatic rings. The molecule has 1 aromatic carbocycles. The maximum atomic E-state index is 12.6. The van der Waals surface area contributed by atoms with Gasteiger partial charge >= 0.3 is 5.63 Å². The van der Waals surface area contributed by atoms with Gasteiger partial charge in [-0.25, -0.2) is 13.2 Å². The standard InChI is InChI=1S/C22H23NO7S/c1-11-13-6-15-12-4-2-3-5-18(12)29-20(15)8-19(13)30-22(26)14(11)7-21(25)23-16-9-31(27,28)10-17(16)24/h6,8,16-17,24H,2-5,7,9-10H2,1H3,(H,23,25)/t16-,17+/m0/s1. The summed E-state index contributed by atoms with van der Waals surface area (Å²) in [6.07, 6.45) is 2.65. The lowest BCUT2D eigenvalue weighted by Gasteiger charge is -2.15. The van der Waals surface area contributed by atoms with Crippen LogP contribution in [0.1, 0.15) is 35.3 Å². The fourth-order valence-corrected chi connectivity index (χ4v) is 6.48. The lowest BCUT2D eigenvalue weighted by atomic mass is 9.94. The van der Waals surface area contributed by atoms with E-state index in [0.717, 1.165) is 42.2 Å². The number of rotatable bonds is 3. The van der Waals surface area contributed by atoms with Crippen LogP contribution in [0.2, 0.25) is 0 Å². The first kappa shape index (κ1) is 20.3. The van der Waals surface area contributed by atoms with Crippen LogP contribution in [0, 0.1) is 6.92 Å². The van der Waals surface area contributed by atoms with E-state index < -0.39 is 33.5 Å². The van der Waals surface area contributed by atoms with Gasteiger partial charge in [0.05, 0.1) is 35.6 Å². The SMILES string of the molecule is Cc1c(CC(=O)N[C@H]2CS(=O)(=O)C[C@H]2O)c(=O)oc2cc3oc4c(c3cc12)CCCC4. The van der Waals surface area contributed by atoms with Gasteiger partial charge in [0, 0.05) is 28.8 Å². The van der Waals surface area contributed by atoms with E-state index in [1.807, 2.05) is 6.07 Å². The number of hydrogen-bond acceptors (Lipinski definition) is 7. The van der Waals surface area contributed by atoms with Gasteiger partial charge in [0.25, 0.3) is 0 Å². The fraction of sp³-hybridized carbons (Fsp3) is 0.455. The first-order valence-corrected chi connectivity index (χ1v) is 12.2. The van der Waals surface area contributed by atoms with Crippen LogP contribution in [-0.2, 0) is 33.9 Å². The largest absolute Gasteiger partial charge is 0.461 e. The third-order valence-corrected chi connectivity index (χ3v) is 8.09. The van der Waals surface area contributed by atoms with Crippen LogP contribution in [0.25, 0.3) is 21.9 Å². The van der Waals surface area contributed by atoms with E-state index in [9.17, 15) is 23.1 Å². The molecule has 0 bridgehead atoms. The molecule has 1 aliphatic heterocycles. The van der Waals surface area contributed by atoms with Crippen LogP contribution in [0.3, 0.4) is 0 Å². The van der Waals surface area contributed by atoms with Gasteiger partial charge in [0.1, 0.15) is 16.9 Å². The summed E-state index contributed by atoms with van der Waals surface area (Å²) in [7, 11) is -3.39. The van der Waals surface area contributed by atoms with Crippen LogP contribution in [-0.4, -0.2) is 43.1 Å². The van der Waals surface area contributed by atoms with Crippen molar-refractivity contribution in [3.05, 3.63) is 45.0 Å². The number of furan rings is 1. The number of sulfone groups is 1. The van der Waals surface area contributed by atoms with Crippen molar-refractivity contribution in [2.24, 2.45) is 0 Å². The van der Waals surface area contributed by atoms with E-state index in [2.05, 4.69) is 5.32 Å². The van der Waals surface area contributed by atoms with Crippen molar-refractivity contribution >= 4 is 37.7 Å². The van der Waals surface area contributed by atoms with Crippen molar-refractivity contribution in [1.29, 1.82) is 0 Å². The molecular weight excluding hydrogens is 422 g/mol. The van der Waals surface area contributed by atoms with Crippen molar-refractivity contribution in [2.75, 3.05) is 11.5 Å². The summed E-state index contributed by atoms with van der Waals surface area (Å²) in [6, 6.07) is 2.83. The lowest BCUT2D eigenvalue weighted by molar-refractivity contribution is -0.121. The number of aliphatic hydroxyl groups excluding tert-OH is 1. The van der Waals surface area contributed by atoms with Gasteiger partial charge in [-0.15, -0.1) is 0 Å². The predicted octanol–water partition coefficient (Wildman–Crippen LogP) is 1.54. The fourth-order valence-electron chi connectivity index (χ4n) is 4.73. The van der Waals surface area contributed by atoms with Gasteiger partial charge in [-0.1, -0.05) is 0 Å². The van der Waals surface area contributed by atoms with Gasteiger partial charge in [-0.2, -0.15) is 0 Å². The highest BCUT2D eigenvalue weighted by molar-refractivity contribution is 7.91. The smallest absolute Gasteiger partial charge is 0.340 e. The minimum atomic E-state index is -3.39. The maximum absolute atomic E-state index is 12.6. The first-order valence-electron chi connectivity index (χ1n) is 10.4. The summed E-state index contributed by atoms with van der Waals surface area (Å²) in [5.74, 6) is -0.228. The summed E-state index contributed by atoms with van der Waals surface area (Å²) in [6.45, 7) is 1.77. The van der Waals surface area contributed by atoms with Crippen LogP contribution in [0.4, 0.5) is 0 Å². The van der Waals surface area contributed by atoms with Crippen molar-refractivity contribution < 1.29 is 27.2 Å². The van der Waals surface area contributed by atoms with Crippen LogP contribution in [0.5, 0.6) is 0 Å². The van der Waals surface area contributed by atoms with Crippen molar-refractivity contribution in [2.45, 2.75) is 51.2 Å². The van der Waals surface area contributed by atoms with Crippen LogP contribution >= 0.6 is 0 Å². The molecule has 1 fully saturated rings. The Labute approximate surface area is 178 Å². The molecule has 0 radical (unpaired) electrons.